The molecule has 2 heterocycles. The molecule has 1 aliphatic rings. The molecule has 0 radical (unpaired) electrons. The van der Waals surface area contributed by atoms with Crippen molar-refractivity contribution in [3.63, 3.8) is 0 Å². The average Bonchev–Trinajstić information content (AvgIpc) is 3.13. The van der Waals surface area contributed by atoms with Crippen LogP contribution in [0, 0.1) is 11.7 Å². The summed E-state index contributed by atoms with van der Waals surface area (Å²) < 4.78 is 95.7. The first kappa shape index (κ1) is 27.4. The van der Waals surface area contributed by atoms with E-state index in [1.807, 2.05) is 0 Å². The zero-order valence-electron chi connectivity index (χ0n) is 20.3. The number of halogens is 7. The Morgan fingerprint density at radius 3 is 2.18 bits per heavy atom. The lowest BCUT2D eigenvalue weighted by Crippen LogP contribution is -2.32. The van der Waals surface area contributed by atoms with Gasteiger partial charge in [-0.25, -0.2) is 9.37 Å². The molecule has 0 aliphatic carbocycles. The highest BCUT2D eigenvalue weighted by molar-refractivity contribution is 5.98. The number of anilines is 1. The molecule has 38 heavy (non-hydrogen) atoms. The van der Waals surface area contributed by atoms with Crippen LogP contribution in [0.15, 0.2) is 66.7 Å². The van der Waals surface area contributed by atoms with Crippen LogP contribution in [0.1, 0.15) is 49.7 Å². The van der Waals surface area contributed by atoms with Crippen molar-refractivity contribution < 1.29 is 40.3 Å². The Kier molecular flexibility index (Phi) is 7.15. The van der Waals surface area contributed by atoms with Crippen LogP contribution in [0.2, 0.25) is 0 Å². The second-order valence-corrected chi connectivity index (χ2v) is 9.75. The highest BCUT2D eigenvalue weighted by Gasteiger charge is 2.44. The molecule has 1 aliphatic heterocycles. The fourth-order valence-electron chi connectivity index (χ4n) is 4.80. The monoisotopic (exact) mass is 540 g/mol. The first-order chi connectivity index (χ1) is 17.6. The molecule has 0 N–H and O–H groups in total. The molecule has 0 saturated carbocycles. The van der Waals surface area contributed by atoms with Gasteiger partial charge in [-0.1, -0.05) is 32.0 Å². The summed E-state index contributed by atoms with van der Waals surface area (Å²) in [4.78, 5) is 18.8. The standard InChI is InChI=1S/C27H23F7N2O2/c1-25(2,22-7-4-8-23(35-22)26(29,30)31)15-17-14-21(16-5-3-6-20(13-16)38-27(32,33)34)36(24(17)37)19-11-9-18(28)10-12-19/h3-13,17,21H,14-15H2,1-2H3/t17-,21+/m0/s1. The van der Waals surface area contributed by atoms with E-state index in [-0.39, 0.29) is 24.4 Å². The number of rotatable bonds is 6. The van der Waals surface area contributed by atoms with Crippen molar-refractivity contribution in [3.8, 4) is 5.75 Å². The third-order valence-corrected chi connectivity index (χ3v) is 6.48. The number of benzene rings is 2. The van der Waals surface area contributed by atoms with Crippen LogP contribution in [0.4, 0.5) is 36.4 Å². The summed E-state index contributed by atoms with van der Waals surface area (Å²) in [6, 6.07) is 13.2. The van der Waals surface area contributed by atoms with Gasteiger partial charge in [0.25, 0.3) is 0 Å². The second kappa shape index (κ2) is 9.92. The number of alkyl halides is 6. The van der Waals surface area contributed by atoms with Gasteiger partial charge in [-0.2, -0.15) is 13.2 Å². The molecule has 0 bridgehead atoms. The summed E-state index contributed by atoms with van der Waals surface area (Å²) in [7, 11) is 0. The molecule has 2 aromatic carbocycles. The van der Waals surface area contributed by atoms with Gasteiger partial charge < -0.3 is 9.64 Å². The number of carbonyl (C=O) groups is 1. The SMILES string of the molecule is CC(C)(C[C@@H]1C[C@H](c2cccc(OC(F)(F)F)c2)N(c2ccc(F)cc2)C1=O)c1cccc(C(F)(F)F)n1. The van der Waals surface area contributed by atoms with Crippen LogP contribution < -0.4 is 9.64 Å². The van der Waals surface area contributed by atoms with E-state index >= 15 is 0 Å². The highest BCUT2D eigenvalue weighted by Crippen LogP contribution is 2.45. The van der Waals surface area contributed by atoms with Gasteiger partial charge in [0.2, 0.25) is 5.91 Å². The molecule has 1 fully saturated rings. The van der Waals surface area contributed by atoms with Crippen LogP contribution in [0.3, 0.4) is 0 Å². The summed E-state index contributed by atoms with van der Waals surface area (Å²) in [5.74, 6) is -2.09. The second-order valence-electron chi connectivity index (χ2n) is 9.75. The predicted octanol–water partition coefficient (Wildman–Crippen LogP) is 7.60. The summed E-state index contributed by atoms with van der Waals surface area (Å²) in [6.45, 7) is 3.35. The fourth-order valence-corrected chi connectivity index (χ4v) is 4.80. The quantitative estimate of drug-likeness (QED) is 0.303. The zero-order chi connectivity index (χ0) is 27.9. The molecular weight excluding hydrogens is 517 g/mol. The fraction of sp³-hybridized carbons (Fsp3) is 0.333. The number of nitrogens with zero attached hydrogens (tertiary/aromatic N) is 2. The molecular formula is C27H23F7N2O2. The van der Waals surface area contributed by atoms with E-state index in [9.17, 15) is 35.5 Å². The number of hydrogen-bond donors (Lipinski definition) is 0. The van der Waals surface area contributed by atoms with Crippen molar-refractivity contribution in [1.29, 1.82) is 0 Å². The van der Waals surface area contributed by atoms with Crippen molar-refractivity contribution in [2.45, 2.75) is 50.7 Å². The topological polar surface area (TPSA) is 42.4 Å². The Morgan fingerprint density at radius 1 is 0.921 bits per heavy atom. The third kappa shape index (κ3) is 6.08. The van der Waals surface area contributed by atoms with Gasteiger partial charge in [-0.3, -0.25) is 4.79 Å². The molecule has 1 amide bonds. The molecule has 202 valence electrons. The smallest absolute Gasteiger partial charge is 0.406 e. The third-order valence-electron chi connectivity index (χ3n) is 6.48. The molecule has 0 unspecified atom stereocenters. The van der Waals surface area contributed by atoms with Crippen LogP contribution in [0.25, 0.3) is 0 Å². The van der Waals surface area contributed by atoms with Gasteiger partial charge in [0.1, 0.15) is 17.3 Å². The van der Waals surface area contributed by atoms with E-state index in [1.165, 1.54) is 41.3 Å². The minimum atomic E-state index is -4.91. The van der Waals surface area contributed by atoms with E-state index in [4.69, 9.17) is 0 Å². The summed E-state index contributed by atoms with van der Waals surface area (Å²) in [5.41, 5.74) is -1.15. The highest BCUT2D eigenvalue weighted by atomic mass is 19.4. The molecule has 1 saturated heterocycles. The first-order valence-electron chi connectivity index (χ1n) is 11.6. The van der Waals surface area contributed by atoms with E-state index in [1.54, 1.807) is 19.9 Å². The summed E-state index contributed by atoms with van der Waals surface area (Å²) in [5, 5.41) is 0. The molecule has 3 aromatic rings. The van der Waals surface area contributed by atoms with E-state index < -0.39 is 47.2 Å². The Morgan fingerprint density at radius 2 is 1.55 bits per heavy atom. The van der Waals surface area contributed by atoms with Gasteiger partial charge in [0, 0.05) is 22.7 Å². The maximum absolute atomic E-state index is 13.6. The largest absolute Gasteiger partial charge is 0.573 e. The molecule has 4 nitrogen and oxygen atoms in total. The van der Waals surface area contributed by atoms with Crippen molar-refractivity contribution in [2.24, 2.45) is 5.92 Å². The minimum Gasteiger partial charge on any atom is -0.406 e. The summed E-state index contributed by atoms with van der Waals surface area (Å²) in [6.07, 6.45) is -9.27. The lowest BCUT2D eigenvalue weighted by atomic mass is 9.78. The van der Waals surface area contributed by atoms with Crippen LogP contribution in [-0.4, -0.2) is 17.3 Å². The maximum Gasteiger partial charge on any atom is 0.573 e. The Bertz CT molecular complexity index is 1300. The minimum absolute atomic E-state index is 0.118. The van der Waals surface area contributed by atoms with Gasteiger partial charge in [-0.05, 0) is 66.9 Å². The Hall–Kier alpha value is -3.63. The number of aromatic nitrogens is 1. The van der Waals surface area contributed by atoms with Gasteiger partial charge in [0.05, 0.1) is 6.04 Å². The normalized spacial score (nSPS) is 18.7. The maximum atomic E-state index is 13.6. The predicted molar refractivity (Wildman–Crippen MR) is 125 cm³/mol. The van der Waals surface area contributed by atoms with E-state index in [2.05, 4.69) is 9.72 Å². The van der Waals surface area contributed by atoms with Crippen LogP contribution in [0.5, 0.6) is 5.75 Å². The first-order valence-corrected chi connectivity index (χ1v) is 11.6. The number of hydrogen-bond acceptors (Lipinski definition) is 3. The average molecular weight is 540 g/mol. The van der Waals surface area contributed by atoms with Crippen LogP contribution in [-0.2, 0) is 16.4 Å². The van der Waals surface area contributed by atoms with Gasteiger partial charge >= 0.3 is 12.5 Å². The van der Waals surface area contributed by atoms with Crippen molar-refractivity contribution in [3.05, 3.63) is 89.5 Å². The van der Waals surface area contributed by atoms with E-state index in [0.29, 0.717) is 11.3 Å². The van der Waals surface area contributed by atoms with Gasteiger partial charge in [0.15, 0.2) is 0 Å². The Labute approximate surface area is 214 Å². The molecule has 4 rings (SSSR count). The van der Waals surface area contributed by atoms with E-state index in [0.717, 1.165) is 24.3 Å². The molecule has 2 atom stereocenters. The molecule has 0 spiro atoms. The van der Waals surface area contributed by atoms with Crippen LogP contribution >= 0.6 is 0 Å². The molecule has 11 heteroatoms. The number of amides is 1. The van der Waals surface area contributed by atoms with Crippen molar-refractivity contribution in [1.82, 2.24) is 4.98 Å². The number of pyridine rings is 1. The van der Waals surface area contributed by atoms with Gasteiger partial charge in [-0.15, -0.1) is 13.2 Å². The Balaban J connectivity index is 1.68. The van der Waals surface area contributed by atoms with Crippen molar-refractivity contribution in [2.75, 3.05) is 4.90 Å². The zero-order valence-corrected chi connectivity index (χ0v) is 20.3. The number of ether oxygens (including phenoxy) is 1. The lowest BCUT2D eigenvalue weighted by molar-refractivity contribution is -0.274. The summed E-state index contributed by atoms with van der Waals surface area (Å²) >= 11 is 0. The number of carbonyl (C=O) groups excluding carboxylic acids is 1. The molecule has 1 aromatic heterocycles. The van der Waals surface area contributed by atoms with Crippen molar-refractivity contribution >= 4 is 11.6 Å². The lowest BCUT2D eigenvalue weighted by Gasteiger charge is -2.27.